The highest BCUT2D eigenvalue weighted by atomic mass is 35.5. The molecule has 0 N–H and O–H groups in total. The molecule has 76 valence electrons. The normalized spacial score (nSPS) is 40.6. The van der Waals surface area contributed by atoms with Crippen molar-refractivity contribution < 1.29 is 9.47 Å². The molecule has 2 unspecified atom stereocenters. The summed E-state index contributed by atoms with van der Waals surface area (Å²) >= 11 is 5.71. The van der Waals surface area contributed by atoms with E-state index in [1.54, 1.807) is 0 Å². The zero-order valence-electron chi connectivity index (χ0n) is 8.09. The number of rotatable bonds is 3. The second kappa shape index (κ2) is 3.76. The van der Waals surface area contributed by atoms with Crippen molar-refractivity contribution >= 4 is 11.6 Å². The minimum Gasteiger partial charge on any atom is -0.347 e. The fourth-order valence-corrected chi connectivity index (χ4v) is 2.25. The Bertz CT molecular complexity index is 182. The van der Waals surface area contributed by atoms with Crippen LogP contribution in [-0.4, -0.2) is 24.4 Å². The fraction of sp³-hybridized carbons (Fsp3) is 1.00. The van der Waals surface area contributed by atoms with Gasteiger partial charge in [0.25, 0.3) is 0 Å². The molecule has 1 aliphatic heterocycles. The second-order valence-corrected chi connectivity index (χ2v) is 4.65. The summed E-state index contributed by atoms with van der Waals surface area (Å²) in [5.41, 5.74) is 0. The Morgan fingerprint density at radius 1 is 1.46 bits per heavy atom. The lowest BCUT2D eigenvalue weighted by Crippen LogP contribution is -2.32. The lowest BCUT2D eigenvalue weighted by Gasteiger charge is -2.33. The Labute approximate surface area is 84.5 Å². The molecule has 0 aromatic heterocycles. The molecule has 2 nitrogen and oxygen atoms in total. The fourth-order valence-electron chi connectivity index (χ4n) is 2.09. The number of alkyl halides is 1. The van der Waals surface area contributed by atoms with Gasteiger partial charge in [0.05, 0.1) is 18.6 Å². The molecule has 1 saturated carbocycles. The number of hydrogen-bond acceptors (Lipinski definition) is 2. The van der Waals surface area contributed by atoms with Gasteiger partial charge in [0, 0.05) is 6.42 Å². The third-order valence-corrected chi connectivity index (χ3v) is 3.39. The SMILES string of the molecule is CC1(CC2CCC2)OCC(CCl)O1. The first-order valence-electron chi connectivity index (χ1n) is 5.09. The average molecular weight is 205 g/mol. The van der Waals surface area contributed by atoms with Crippen molar-refractivity contribution in [2.75, 3.05) is 12.5 Å². The summed E-state index contributed by atoms with van der Waals surface area (Å²) in [6.45, 7) is 2.70. The van der Waals surface area contributed by atoms with E-state index in [0.29, 0.717) is 12.5 Å². The van der Waals surface area contributed by atoms with E-state index in [-0.39, 0.29) is 11.9 Å². The number of ether oxygens (including phenoxy) is 2. The quantitative estimate of drug-likeness (QED) is 0.658. The molecule has 0 spiro atoms. The van der Waals surface area contributed by atoms with Crippen LogP contribution >= 0.6 is 11.6 Å². The van der Waals surface area contributed by atoms with Gasteiger partial charge < -0.3 is 9.47 Å². The summed E-state index contributed by atoms with van der Waals surface area (Å²) in [7, 11) is 0. The van der Waals surface area contributed by atoms with Gasteiger partial charge in [-0.1, -0.05) is 19.3 Å². The first-order valence-corrected chi connectivity index (χ1v) is 5.63. The van der Waals surface area contributed by atoms with E-state index in [0.717, 1.165) is 12.3 Å². The molecule has 0 amide bonds. The van der Waals surface area contributed by atoms with Crippen LogP contribution in [0.2, 0.25) is 0 Å². The van der Waals surface area contributed by atoms with Crippen molar-refractivity contribution in [1.29, 1.82) is 0 Å². The van der Waals surface area contributed by atoms with Crippen molar-refractivity contribution in [1.82, 2.24) is 0 Å². The third kappa shape index (κ3) is 2.17. The van der Waals surface area contributed by atoms with E-state index in [1.807, 2.05) is 6.92 Å². The highest BCUT2D eigenvalue weighted by molar-refractivity contribution is 6.18. The molecule has 0 aromatic carbocycles. The van der Waals surface area contributed by atoms with Crippen LogP contribution in [0, 0.1) is 5.92 Å². The topological polar surface area (TPSA) is 18.5 Å². The molecular formula is C10H17ClO2. The molecule has 0 aromatic rings. The van der Waals surface area contributed by atoms with E-state index in [2.05, 4.69) is 0 Å². The minimum absolute atomic E-state index is 0.103. The Morgan fingerprint density at radius 2 is 2.23 bits per heavy atom. The third-order valence-electron chi connectivity index (χ3n) is 3.05. The monoisotopic (exact) mass is 204 g/mol. The summed E-state index contributed by atoms with van der Waals surface area (Å²) < 4.78 is 11.4. The standard InChI is InChI=1S/C10H17ClO2/c1-10(5-8-3-2-4-8)12-7-9(6-11)13-10/h8-9H,2-7H2,1H3. The van der Waals surface area contributed by atoms with Gasteiger partial charge in [-0.15, -0.1) is 11.6 Å². The van der Waals surface area contributed by atoms with Gasteiger partial charge in [-0.2, -0.15) is 0 Å². The summed E-state index contributed by atoms with van der Waals surface area (Å²) in [6.07, 6.45) is 5.20. The van der Waals surface area contributed by atoms with Crippen LogP contribution in [-0.2, 0) is 9.47 Å². The summed E-state index contributed by atoms with van der Waals surface area (Å²) in [4.78, 5) is 0. The maximum absolute atomic E-state index is 5.75. The predicted octanol–water partition coefficient (Wildman–Crippen LogP) is 2.55. The van der Waals surface area contributed by atoms with Crippen molar-refractivity contribution in [2.24, 2.45) is 5.92 Å². The maximum atomic E-state index is 5.75. The van der Waals surface area contributed by atoms with E-state index in [9.17, 15) is 0 Å². The van der Waals surface area contributed by atoms with Crippen molar-refractivity contribution in [3.63, 3.8) is 0 Å². The highest BCUT2D eigenvalue weighted by Crippen LogP contribution is 2.38. The molecule has 0 radical (unpaired) electrons. The van der Waals surface area contributed by atoms with Crippen LogP contribution in [0.5, 0.6) is 0 Å². The predicted molar refractivity (Wildman–Crippen MR) is 51.9 cm³/mol. The van der Waals surface area contributed by atoms with E-state index >= 15 is 0 Å². The van der Waals surface area contributed by atoms with Crippen molar-refractivity contribution in [3.8, 4) is 0 Å². The molecule has 1 heterocycles. The zero-order valence-corrected chi connectivity index (χ0v) is 8.85. The van der Waals surface area contributed by atoms with Crippen molar-refractivity contribution in [3.05, 3.63) is 0 Å². The molecule has 1 aliphatic carbocycles. The number of halogens is 1. The number of hydrogen-bond donors (Lipinski definition) is 0. The first-order chi connectivity index (χ1) is 6.22. The first kappa shape index (κ1) is 9.75. The lowest BCUT2D eigenvalue weighted by molar-refractivity contribution is -0.168. The van der Waals surface area contributed by atoms with Crippen LogP contribution in [0.1, 0.15) is 32.6 Å². The Hall–Kier alpha value is 0.210. The van der Waals surface area contributed by atoms with Crippen LogP contribution in [0.3, 0.4) is 0 Å². The molecule has 2 aliphatic rings. The molecule has 1 saturated heterocycles. The van der Waals surface area contributed by atoms with Crippen LogP contribution < -0.4 is 0 Å². The molecule has 0 bridgehead atoms. The Kier molecular flexibility index (Phi) is 2.82. The zero-order chi connectivity index (χ0) is 9.31. The Balaban J connectivity index is 1.82. The molecule has 2 atom stereocenters. The Morgan fingerprint density at radius 3 is 2.69 bits per heavy atom. The largest absolute Gasteiger partial charge is 0.347 e. The molecular weight excluding hydrogens is 188 g/mol. The molecule has 3 heteroatoms. The van der Waals surface area contributed by atoms with Gasteiger partial charge in [-0.25, -0.2) is 0 Å². The van der Waals surface area contributed by atoms with E-state index < -0.39 is 0 Å². The van der Waals surface area contributed by atoms with Gasteiger partial charge in [-0.3, -0.25) is 0 Å². The summed E-state index contributed by atoms with van der Waals surface area (Å²) in [6, 6.07) is 0. The van der Waals surface area contributed by atoms with Crippen LogP contribution in [0.15, 0.2) is 0 Å². The maximum Gasteiger partial charge on any atom is 0.166 e. The van der Waals surface area contributed by atoms with Crippen LogP contribution in [0.25, 0.3) is 0 Å². The van der Waals surface area contributed by atoms with E-state index in [1.165, 1.54) is 19.3 Å². The highest BCUT2D eigenvalue weighted by Gasteiger charge is 2.39. The molecule has 2 fully saturated rings. The lowest BCUT2D eigenvalue weighted by atomic mass is 9.81. The van der Waals surface area contributed by atoms with Crippen molar-refractivity contribution in [2.45, 2.75) is 44.5 Å². The van der Waals surface area contributed by atoms with Crippen LogP contribution in [0.4, 0.5) is 0 Å². The van der Waals surface area contributed by atoms with Gasteiger partial charge in [-0.05, 0) is 12.8 Å². The van der Waals surface area contributed by atoms with Gasteiger partial charge in [0.2, 0.25) is 0 Å². The van der Waals surface area contributed by atoms with Gasteiger partial charge >= 0.3 is 0 Å². The van der Waals surface area contributed by atoms with E-state index in [4.69, 9.17) is 21.1 Å². The second-order valence-electron chi connectivity index (χ2n) is 4.34. The van der Waals surface area contributed by atoms with Gasteiger partial charge in [0.15, 0.2) is 5.79 Å². The minimum atomic E-state index is -0.343. The summed E-state index contributed by atoms with van der Waals surface area (Å²) in [5.74, 6) is 1.02. The molecule has 13 heavy (non-hydrogen) atoms. The van der Waals surface area contributed by atoms with Gasteiger partial charge in [0.1, 0.15) is 0 Å². The smallest absolute Gasteiger partial charge is 0.166 e. The molecule has 2 rings (SSSR count). The average Bonchev–Trinajstić information content (AvgIpc) is 2.41. The summed E-state index contributed by atoms with van der Waals surface area (Å²) in [5, 5.41) is 0.